The van der Waals surface area contributed by atoms with Gasteiger partial charge in [-0.25, -0.2) is 0 Å². The quantitative estimate of drug-likeness (QED) is 0.225. The molecule has 0 spiro atoms. The van der Waals surface area contributed by atoms with Crippen LogP contribution < -0.4 is 10.6 Å². The Morgan fingerprint density at radius 1 is 0.636 bits per heavy atom. The van der Waals surface area contributed by atoms with E-state index in [-0.39, 0.29) is 0 Å². The predicted octanol–water partition coefficient (Wildman–Crippen LogP) is 5.46. The highest BCUT2D eigenvalue weighted by Crippen LogP contribution is 2.34. The molecule has 2 fully saturated rings. The van der Waals surface area contributed by atoms with Gasteiger partial charge in [-0.15, -0.1) is 0 Å². The van der Waals surface area contributed by atoms with Gasteiger partial charge in [0.25, 0.3) is 0 Å². The molecule has 4 aromatic rings. The molecule has 2 aromatic carbocycles. The van der Waals surface area contributed by atoms with E-state index in [1.54, 1.807) is 0 Å². The molecule has 2 atom stereocenters. The topological polar surface area (TPSA) is 80.6 Å². The van der Waals surface area contributed by atoms with Crippen molar-refractivity contribution in [2.45, 2.75) is 37.8 Å². The lowest BCUT2D eigenvalue weighted by Gasteiger charge is -2.30. The standard InChI is InChI=1S/2C17H22ClN3O/c2*18-12-1-2-13-14-3-5-19-15(17(14)20-16(13)11-12)4-6-21-7-9-22-10-8-21/h2*1-2,11,15,19-20H,3-10H2/t2*15-/m10/s1. The van der Waals surface area contributed by atoms with Crippen LogP contribution in [0.5, 0.6) is 0 Å². The third kappa shape index (κ3) is 6.83. The van der Waals surface area contributed by atoms with E-state index in [0.29, 0.717) is 12.1 Å². The summed E-state index contributed by atoms with van der Waals surface area (Å²) in [6, 6.07) is 13.2. The molecule has 0 radical (unpaired) electrons. The fourth-order valence-corrected chi connectivity index (χ4v) is 7.69. The fourth-order valence-electron chi connectivity index (χ4n) is 7.34. The lowest BCUT2D eigenvalue weighted by atomic mass is 9.97. The minimum absolute atomic E-state index is 0.415. The number of rotatable bonds is 6. The summed E-state index contributed by atoms with van der Waals surface area (Å²) in [6.45, 7) is 12.1. The van der Waals surface area contributed by atoms with Crippen LogP contribution >= 0.6 is 23.2 Å². The zero-order valence-electron chi connectivity index (χ0n) is 25.4. The monoisotopic (exact) mass is 638 g/mol. The number of nitrogens with one attached hydrogen (secondary N) is 4. The Kier molecular flexibility index (Phi) is 9.78. The molecule has 0 saturated carbocycles. The molecule has 8 rings (SSSR count). The number of halogens is 2. The maximum Gasteiger partial charge on any atom is 0.0594 e. The Balaban J connectivity index is 0.000000142. The number of nitrogens with zero attached hydrogens (tertiary/aromatic N) is 2. The minimum atomic E-state index is 0.415. The van der Waals surface area contributed by atoms with E-state index in [0.717, 1.165) is 126 Å². The predicted molar refractivity (Wildman–Crippen MR) is 179 cm³/mol. The largest absolute Gasteiger partial charge is 0.379 e. The summed E-state index contributed by atoms with van der Waals surface area (Å²) in [7, 11) is 0. The molecule has 8 nitrogen and oxygen atoms in total. The molecule has 10 heteroatoms. The van der Waals surface area contributed by atoms with Crippen molar-refractivity contribution in [2.24, 2.45) is 0 Å². The molecule has 4 aliphatic heterocycles. The number of hydrogen-bond acceptors (Lipinski definition) is 6. The average Bonchev–Trinajstić information content (AvgIpc) is 3.62. The van der Waals surface area contributed by atoms with Gasteiger partial charge < -0.3 is 30.1 Å². The molecule has 0 bridgehead atoms. The third-order valence-corrected chi connectivity index (χ3v) is 10.2. The highest BCUT2D eigenvalue weighted by Gasteiger charge is 2.26. The Labute approximate surface area is 269 Å². The van der Waals surface area contributed by atoms with E-state index >= 15 is 0 Å². The number of hydrogen-bond donors (Lipinski definition) is 4. The number of aromatic nitrogens is 2. The number of ether oxygens (including phenoxy) is 2. The van der Waals surface area contributed by atoms with Crippen molar-refractivity contribution in [3.63, 3.8) is 0 Å². The summed E-state index contributed by atoms with van der Waals surface area (Å²) in [5, 5.41) is 11.6. The molecule has 2 aromatic heterocycles. The number of benzene rings is 2. The van der Waals surface area contributed by atoms with Gasteiger partial charge in [0.1, 0.15) is 0 Å². The van der Waals surface area contributed by atoms with Gasteiger partial charge in [0, 0.05) is 94.6 Å². The van der Waals surface area contributed by atoms with Gasteiger partial charge in [0.05, 0.1) is 26.4 Å². The van der Waals surface area contributed by atoms with Gasteiger partial charge in [-0.05, 0) is 74.2 Å². The first-order chi connectivity index (χ1) is 21.6. The SMILES string of the molecule is Clc1ccc2c3c([nH]c2c1)[C@@H](CCN1CCOCC1)NCC3.Clc1ccc2c3c([nH]c2c1)[C@H](CCN1CCOCC1)NCC3. The second kappa shape index (κ2) is 14.1. The van der Waals surface area contributed by atoms with Crippen molar-refractivity contribution < 1.29 is 9.47 Å². The van der Waals surface area contributed by atoms with Gasteiger partial charge in [-0.1, -0.05) is 35.3 Å². The highest BCUT2D eigenvalue weighted by molar-refractivity contribution is 6.31. The maximum atomic E-state index is 6.13. The molecule has 4 N–H and O–H groups in total. The van der Waals surface area contributed by atoms with Crippen LogP contribution in [0.15, 0.2) is 36.4 Å². The summed E-state index contributed by atoms with van der Waals surface area (Å²) < 4.78 is 10.8. The number of morpholine rings is 2. The number of aromatic amines is 2. The molecule has 236 valence electrons. The van der Waals surface area contributed by atoms with E-state index < -0.39 is 0 Å². The van der Waals surface area contributed by atoms with E-state index in [1.165, 1.54) is 33.3 Å². The van der Waals surface area contributed by atoms with Crippen LogP contribution in [-0.4, -0.2) is 98.6 Å². The van der Waals surface area contributed by atoms with Crippen LogP contribution in [0.3, 0.4) is 0 Å². The Bertz CT molecular complexity index is 1440. The van der Waals surface area contributed by atoms with Crippen LogP contribution in [-0.2, 0) is 22.3 Å². The van der Waals surface area contributed by atoms with Crippen LogP contribution in [0.1, 0.15) is 47.4 Å². The zero-order chi connectivity index (χ0) is 29.9. The van der Waals surface area contributed by atoms with Crippen molar-refractivity contribution in [1.82, 2.24) is 30.4 Å². The van der Waals surface area contributed by atoms with E-state index in [1.807, 2.05) is 24.3 Å². The summed E-state index contributed by atoms with van der Waals surface area (Å²) in [6.07, 6.45) is 4.44. The summed E-state index contributed by atoms with van der Waals surface area (Å²) in [5.41, 5.74) is 7.98. The molecule has 4 aliphatic rings. The summed E-state index contributed by atoms with van der Waals surface area (Å²) >= 11 is 12.3. The molecule has 2 saturated heterocycles. The van der Waals surface area contributed by atoms with Crippen LogP contribution in [0, 0.1) is 0 Å². The molecule has 0 amide bonds. The first-order valence-corrected chi connectivity index (χ1v) is 17.0. The second-order valence-corrected chi connectivity index (χ2v) is 13.3. The molecular weight excluding hydrogens is 595 g/mol. The normalized spacial score (nSPS) is 22.9. The van der Waals surface area contributed by atoms with Crippen LogP contribution in [0.2, 0.25) is 10.0 Å². The summed E-state index contributed by atoms with van der Waals surface area (Å²) in [4.78, 5) is 12.2. The second-order valence-electron chi connectivity index (χ2n) is 12.4. The van der Waals surface area contributed by atoms with Crippen molar-refractivity contribution in [3.05, 3.63) is 69.0 Å². The van der Waals surface area contributed by atoms with Crippen molar-refractivity contribution in [1.29, 1.82) is 0 Å². The van der Waals surface area contributed by atoms with Crippen molar-refractivity contribution >= 4 is 45.0 Å². The maximum absolute atomic E-state index is 6.13. The smallest absolute Gasteiger partial charge is 0.0594 e. The van der Waals surface area contributed by atoms with Gasteiger partial charge in [-0.3, -0.25) is 9.80 Å². The van der Waals surface area contributed by atoms with Gasteiger partial charge >= 0.3 is 0 Å². The van der Waals surface area contributed by atoms with Gasteiger partial charge in [0.15, 0.2) is 0 Å². The van der Waals surface area contributed by atoms with E-state index in [4.69, 9.17) is 32.7 Å². The lowest BCUT2D eigenvalue weighted by molar-refractivity contribution is 0.0359. The third-order valence-electron chi connectivity index (χ3n) is 9.71. The highest BCUT2D eigenvalue weighted by atomic mass is 35.5. The molecule has 0 aliphatic carbocycles. The first-order valence-electron chi connectivity index (χ1n) is 16.3. The first kappa shape index (κ1) is 30.5. The summed E-state index contributed by atoms with van der Waals surface area (Å²) in [5.74, 6) is 0. The average molecular weight is 640 g/mol. The molecule has 44 heavy (non-hydrogen) atoms. The van der Waals surface area contributed by atoms with Crippen molar-refractivity contribution in [2.75, 3.05) is 78.8 Å². The van der Waals surface area contributed by atoms with Gasteiger partial charge in [0.2, 0.25) is 0 Å². The molecule has 6 heterocycles. The van der Waals surface area contributed by atoms with Crippen LogP contribution in [0.25, 0.3) is 21.8 Å². The number of H-pyrrole nitrogens is 2. The Morgan fingerprint density at radius 3 is 1.50 bits per heavy atom. The fraction of sp³-hybridized carbons (Fsp3) is 0.529. The lowest BCUT2D eigenvalue weighted by Crippen LogP contribution is -2.39. The zero-order valence-corrected chi connectivity index (χ0v) is 26.9. The van der Waals surface area contributed by atoms with E-state index in [9.17, 15) is 0 Å². The van der Waals surface area contributed by atoms with Crippen LogP contribution in [0.4, 0.5) is 0 Å². The van der Waals surface area contributed by atoms with Gasteiger partial charge in [-0.2, -0.15) is 0 Å². The van der Waals surface area contributed by atoms with Crippen molar-refractivity contribution in [3.8, 4) is 0 Å². The minimum Gasteiger partial charge on any atom is -0.379 e. The molecule has 0 unspecified atom stereocenters. The molecular formula is C34H44Cl2N6O2. The van der Waals surface area contributed by atoms with E-state index in [2.05, 4.69) is 42.5 Å². The Morgan fingerprint density at radius 2 is 1.07 bits per heavy atom. The Hall–Kier alpha value is -2.14. The number of fused-ring (bicyclic) bond motifs is 6.